The molecule has 0 spiro atoms. The van der Waals surface area contributed by atoms with Gasteiger partial charge in [0, 0.05) is 24.4 Å². The van der Waals surface area contributed by atoms with E-state index in [4.69, 9.17) is 4.74 Å². The van der Waals surface area contributed by atoms with E-state index in [1.54, 1.807) is 43.5 Å². The Bertz CT molecular complexity index is 1080. The summed E-state index contributed by atoms with van der Waals surface area (Å²) in [4.78, 5) is 38.1. The molecule has 3 aromatic carbocycles. The van der Waals surface area contributed by atoms with E-state index in [2.05, 4.69) is 10.6 Å². The molecule has 3 amide bonds. The second kappa shape index (κ2) is 10.8. The van der Waals surface area contributed by atoms with Crippen molar-refractivity contribution in [3.8, 4) is 16.9 Å². The summed E-state index contributed by atoms with van der Waals surface area (Å²) in [6.07, 6.45) is 0. The number of methoxy groups -OCH3 is 1. The second-order valence-electron chi connectivity index (χ2n) is 7.16. The lowest BCUT2D eigenvalue weighted by atomic mass is 10.0. The lowest BCUT2D eigenvalue weighted by Gasteiger charge is -2.17. The van der Waals surface area contributed by atoms with Crippen LogP contribution in [0, 0.1) is 0 Å². The molecule has 0 saturated carbocycles. The Balaban J connectivity index is 1.47. The van der Waals surface area contributed by atoms with Crippen LogP contribution >= 0.6 is 0 Å². The van der Waals surface area contributed by atoms with Gasteiger partial charge in [0.15, 0.2) is 0 Å². The minimum Gasteiger partial charge on any atom is -0.497 e. The Morgan fingerprint density at radius 3 is 2.25 bits per heavy atom. The van der Waals surface area contributed by atoms with E-state index in [-0.39, 0.29) is 30.8 Å². The molecule has 0 saturated heterocycles. The molecular weight excluding hydrogens is 406 g/mol. The van der Waals surface area contributed by atoms with Crippen LogP contribution in [0.1, 0.15) is 10.4 Å². The lowest BCUT2D eigenvalue weighted by Crippen LogP contribution is -2.41. The molecule has 0 aliphatic rings. The summed E-state index contributed by atoms with van der Waals surface area (Å²) >= 11 is 0. The van der Waals surface area contributed by atoms with Crippen LogP contribution in [-0.4, -0.2) is 49.9 Å². The van der Waals surface area contributed by atoms with Crippen LogP contribution in [0.3, 0.4) is 0 Å². The molecule has 0 aliphatic heterocycles. The van der Waals surface area contributed by atoms with Gasteiger partial charge in [-0.3, -0.25) is 14.4 Å². The fourth-order valence-corrected chi connectivity index (χ4v) is 3.04. The zero-order valence-corrected chi connectivity index (χ0v) is 18.0. The number of carbonyl (C=O) groups excluding carboxylic acids is 3. The second-order valence-corrected chi connectivity index (χ2v) is 7.16. The first kappa shape index (κ1) is 22.6. The lowest BCUT2D eigenvalue weighted by molar-refractivity contribution is -0.132. The standard InChI is InChI=1S/C25H25N3O4/c1-28(17-23(29)27-21-9-6-10-22(15-21)32-2)24(30)16-26-25(31)20-13-11-19(12-14-20)18-7-4-3-5-8-18/h3-15H,16-17H2,1-2H3,(H,26,31)(H,27,29). The van der Waals surface area contributed by atoms with Crippen LogP contribution in [0.2, 0.25) is 0 Å². The Morgan fingerprint density at radius 2 is 1.56 bits per heavy atom. The molecule has 0 unspecified atom stereocenters. The Labute approximate surface area is 187 Å². The third-order valence-electron chi connectivity index (χ3n) is 4.81. The van der Waals surface area contributed by atoms with Gasteiger partial charge in [-0.2, -0.15) is 0 Å². The molecule has 0 atom stereocenters. The topological polar surface area (TPSA) is 87.7 Å². The van der Waals surface area contributed by atoms with E-state index in [0.717, 1.165) is 11.1 Å². The maximum Gasteiger partial charge on any atom is 0.251 e. The molecule has 32 heavy (non-hydrogen) atoms. The summed E-state index contributed by atoms with van der Waals surface area (Å²) in [6.45, 7) is -0.347. The number of anilines is 1. The molecule has 0 aromatic heterocycles. The van der Waals surface area contributed by atoms with E-state index in [1.165, 1.54) is 11.9 Å². The van der Waals surface area contributed by atoms with E-state index in [9.17, 15) is 14.4 Å². The summed E-state index contributed by atoms with van der Waals surface area (Å²) in [5.41, 5.74) is 3.09. The summed E-state index contributed by atoms with van der Waals surface area (Å²) in [5, 5.41) is 5.31. The third kappa shape index (κ3) is 6.18. The number of rotatable bonds is 8. The molecular formula is C25H25N3O4. The number of benzene rings is 3. The monoisotopic (exact) mass is 431 g/mol. The molecule has 164 valence electrons. The van der Waals surface area contributed by atoms with Gasteiger partial charge < -0.3 is 20.3 Å². The first-order chi connectivity index (χ1) is 15.5. The Hall–Kier alpha value is -4.13. The quantitative estimate of drug-likeness (QED) is 0.573. The molecule has 2 N–H and O–H groups in total. The minimum atomic E-state index is -0.375. The van der Waals surface area contributed by atoms with Crippen molar-refractivity contribution in [2.45, 2.75) is 0 Å². The van der Waals surface area contributed by atoms with Gasteiger partial charge in [0.25, 0.3) is 5.91 Å². The maximum atomic E-state index is 12.4. The average Bonchev–Trinajstić information content (AvgIpc) is 2.83. The van der Waals surface area contributed by atoms with Gasteiger partial charge >= 0.3 is 0 Å². The predicted octanol–water partition coefficient (Wildman–Crippen LogP) is 3.19. The Morgan fingerprint density at radius 1 is 0.875 bits per heavy atom. The number of hydrogen-bond donors (Lipinski definition) is 2. The molecule has 0 bridgehead atoms. The van der Waals surface area contributed by atoms with E-state index < -0.39 is 0 Å². The largest absolute Gasteiger partial charge is 0.497 e. The third-order valence-corrected chi connectivity index (χ3v) is 4.81. The fourth-order valence-electron chi connectivity index (χ4n) is 3.04. The van der Waals surface area contributed by atoms with Crippen molar-refractivity contribution in [3.05, 3.63) is 84.4 Å². The van der Waals surface area contributed by atoms with Gasteiger partial charge in [0.05, 0.1) is 20.2 Å². The smallest absolute Gasteiger partial charge is 0.251 e. The number of carbonyl (C=O) groups is 3. The van der Waals surface area contributed by atoms with Crippen LogP contribution in [0.5, 0.6) is 5.75 Å². The van der Waals surface area contributed by atoms with Crippen molar-refractivity contribution in [1.82, 2.24) is 10.2 Å². The van der Waals surface area contributed by atoms with Gasteiger partial charge in [0.1, 0.15) is 5.75 Å². The van der Waals surface area contributed by atoms with Gasteiger partial charge in [-0.1, -0.05) is 48.5 Å². The van der Waals surface area contributed by atoms with Gasteiger partial charge in [-0.05, 0) is 35.4 Å². The highest BCUT2D eigenvalue weighted by atomic mass is 16.5. The van der Waals surface area contributed by atoms with Gasteiger partial charge in [-0.15, -0.1) is 0 Å². The molecule has 0 radical (unpaired) electrons. The SMILES string of the molecule is COc1cccc(NC(=O)CN(C)C(=O)CNC(=O)c2ccc(-c3ccccc3)cc2)c1. The molecule has 0 fully saturated rings. The molecule has 0 heterocycles. The highest BCUT2D eigenvalue weighted by molar-refractivity contribution is 5.98. The first-order valence-electron chi connectivity index (χ1n) is 10.1. The number of nitrogens with zero attached hydrogens (tertiary/aromatic N) is 1. The van der Waals surface area contributed by atoms with Crippen LogP contribution in [0.25, 0.3) is 11.1 Å². The molecule has 3 rings (SSSR count). The average molecular weight is 431 g/mol. The van der Waals surface area contributed by atoms with Crippen molar-refractivity contribution in [1.29, 1.82) is 0 Å². The van der Waals surface area contributed by atoms with Crippen molar-refractivity contribution < 1.29 is 19.1 Å². The van der Waals surface area contributed by atoms with Crippen LogP contribution in [0.15, 0.2) is 78.9 Å². The number of likely N-dealkylation sites (N-methyl/N-ethyl adjacent to an activating group) is 1. The molecule has 3 aromatic rings. The zero-order chi connectivity index (χ0) is 22.9. The summed E-state index contributed by atoms with van der Waals surface area (Å²) in [6, 6.07) is 23.9. The highest BCUT2D eigenvalue weighted by Gasteiger charge is 2.15. The fraction of sp³-hybridized carbons (Fsp3) is 0.160. The van der Waals surface area contributed by atoms with Crippen LogP contribution < -0.4 is 15.4 Å². The van der Waals surface area contributed by atoms with Gasteiger partial charge in [-0.25, -0.2) is 0 Å². The predicted molar refractivity (Wildman–Crippen MR) is 123 cm³/mol. The highest BCUT2D eigenvalue weighted by Crippen LogP contribution is 2.19. The number of nitrogens with one attached hydrogen (secondary N) is 2. The van der Waals surface area contributed by atoms with E-state index in [0.29, 0.717) is 17.0 Å². The van der Waals surface area contributed by atoms with Crippen molar-refractivity contribution in [2.24, 2.45) is 0 Å². The van der Waals surface area contributed by atoms with Crippen molar-refractivity contribution >= 4 is 23.4 Å². The summed E-state index contributed by atoms with van der Waals surface area (Å²) in [7, 11) is 3.05. The number of hydrogen-bond acceptors (Lipinski definition) is 4. The van der Waals surface area contributed by atoms with Crippen molar-refractivity contribution in [2.75, 3.05) is 32.6 Å². The molecule has 7 nitrogen and oxygen atoms in total. The first-order valence-corrected chi connectivity index (χ1v) is 10.1. The summed E-state index contributed by atoms with van der Waals surface area (Å²) < 4.78 is 5.12. The van der Waals surface area contributed by atoms with Crippen molar-refractivity contribution in [3.63, 3.8) is 0 Å². The van der Waals surface area contributed by atoms with Crippen LogP contribution in [-0.2, 0) is 9.59 Å². The Kier molecular flexibility index (Phi) is 7.59. The molecule has 0 aliphatic carbocycles. The van der Waals surface area contributed by atoms with Gasteiger partial charge in [0.2, 0.25) is 11.8 Å². The van der Waals surface area contributed by atoms with Crippen LogP contribution in [0.4, 0.5) is 5.69 Å². The molecule has 7 heteroatoms. The van der Waals surface area contributed by atoms with E-state index in [1.807, 2.05) is 42.5 Å². The number of amides is 3. The normalized spacial score (nSPS) is 10.2. The minimum absolute atomic E-state index is 0.141. The van der Waals surface area contributed by atoms with E-state index >= 15 is 0 Å². The number of ether oxygens (including phenoxy) is 1. The maximum absolute atomic E-state index is 12.4. The zero-order valence-electron chi connectivity index (χ0n) is 18.0. The summed E-state index contributed by atoms with van der Waals surface area (Å²) in [5.74, 6) is -0.462.